The van der Waals surface area contributed by atoms with E-state index in [1.54, 1.807) is 18.2 Å². The van der Waals surface area contributed by atoms with E-state index in [9.17, 15) is 9.90 Å². The lowest BCUT2D eigenvalue weighted by atomic mass is 9.89. The molecule has 3 rings (SSSR count). The highest BCUT2D eigenvalue weighted by Gasteiger charge is 2.30. The number of imidazole rings is 1. The van der Waals surface area contributed by atoms with Crippen molar-refractivity contribution in [1.82, 2.24) is 9.55 Å². The molecule has 0 atom stereocenters. The van der Waals surface area contributed by atoms with E-state index in [-0.39, 0.29) is 17.7 Å². The number of aliphatic hydroxyl groups is 1. The Morgan fingerprint density at radius 3 is 2.78 bits per heavy atom. The number of hydrogen-bond donors (Lipinski definition) is 2. The standard InChI is InChI=1S/C13H14N2O3/c1-7-14-11-4-8(13(17)18)2-3-12(11)15(7)9-5-10(16)6-9/h2-4,9-10,16H,5-6H2,1H3,(H,17,18). The van der Waals surface area contributed by atoms with Gasteiger partial charge >= 0.3 is 5.97 Å². The summed E-state index contributed by atoms with van der Waals surface area (Å²) in [6, 6.07) is 5.26. The van der Waals surface area contributed by atoms with E-state index in [2.05, 4.69) is 9.55 Å². The number of aliphatic hydroxyl groups excluding tert-OH is 1. The van der Waals surface area contributed by atoms with E-state index in [0.717, 1.165) is 24.2 Å². The number of nitrogens with zero attached hydrogens (tertiary/aromatic N) is 2. The number of fused-ring (bicyclic) bond motifs is 1. The number of carbonyl (C=O) groups is 1. The summed E-state index contributed by atoms with van der Waals surface area (Å²) in [6.45, 7) is 1.91. The van der Waals surface area contributed by atoms with Crippen LogP contribution in [0.2, 0.25) is 0 Å². The summed E-state index contributed by atoms with van der Waals surface area (Å²) in [6.07, 6.45) is 1.27. The molecule has 5 nitrogen and oxygen atoms in total. The zero-order valence-electron chi connectivity index (χ0n) is 10.00. The summed E-state index contributed by atoms with van der Waals surface area (Å²) in [4.78, 5) is 15.3. The second-order valence-electron chi connectivity index (χ2n) is 4.82. The lowest BCUT2D eigenvalue weighted by Crippen LogP contribution is -2.31. The van der Waals surface area contributed by atoms with Gasteiger partial charge in [0.05, 0.1) is 22.7 Å². The molecule has 0 spiro atoms. The van der Waals surface area contributed by atoms with Gasteiger partial charge in [-0.1, -0.05) is 0 Å². The molecule has 0 saturated heterocycles. The van der Waals surface area contributed by atoms with Crippen LogP contribution in [0.3, 0.4) is 0 Å². The molecule has 1 aromatic heterocycles. The van der Waals surface area contributed by atoms with Crippen LogP contribution in [0.15, 0.2) is 18.2 Å². The number of aromatic nitrogens is 2. The predicted octanol–water partition coefficient (Wildman–Crippen LogP) is 1.74. The minimum Gasteiger partial charge on any atom is -0.478 e. The third-order valence-electron chi connectivity index (χ3n) is 3.57. The minimum absolute atomic E-state index is 0.217. The lowest BCUT2D eigenvalue weighted by molar-refractivity contribution is 0.0494. The van der Waals surface area contributed by atoms with Crippen molar-refractivity contribution in [2.24, 2.45) is 0 Å². The van der Waals surface area contributed by atoms with Gasteiger partial charge in [-0.05, 0) is 38.0 Å². The van der Waals surface area contributed by atoms with Crippen LogP contribution in [0.4, 0.5) is 0 Å². The summed E-state index contributed by atoms with van der Waals surface area (Å²) in [5.41, 5.74) is 1.89. The molecular formula is C13H14N2O3. The van der Waals surface area contributed by atoms with Crippen LogP contribution in [0.5, 0.6) is 0 Å². The van der Waals surface area contributed by atoms with Gasteiger partial charge in [0.2, 0.25) is 0 Å². The van der Waals surface area contributed by atoms with E-state index in [4.69, 9.17) is 5.11 Å². The zero-order valence-corrected chi connectivity index (χ0v) is 10.00. The number of aromatic carboxylic acids is 1. The van der Waals surface area contributed by atoms with Crippen molar-refractivity contribution in [3.63, 3.8) is 0 Å². The van der Waals surface area contributed by atoms with Crippen molar-refractivity contribution in [2.45, 2.75) is 31.9 Å². The van der Waals surface area contributed by atoms with E-state index >= 15 is 0 Å². The maximum atomic E-state index is 10.9. The van der Waals surface area contributed by atoms with Gasteiger partial charge in [-0.3, -0.25) is 0 Å². The number of hydrogen-bond acceptors (Lipinski definition) is 3. The smallest absolute Gasteiger partial charge is 0.335 e. The fraction of sp³-hybridized carbons (Fsp3) is 0.385. The zero-order chi connectivity index (χ0) is 12.9. The van der Waals surface area contributed by atoms with Crippen LogP contribution in [0.25, 0.3) is 11.0 Å². The third kappa shape index (κ3) is 1.59. The highest BCUT2D eigenvalue weighted by molar-refractivity contribution is 5.92. The van der Waals surface area contributed by atoms with Gasteiger partial charge in [0, 0.05) is 6.04 Å². The molecular weight excluding hydrogens is 232 g/mol. The third-order valence-corrected chi connectivity index (χ3v) is 3.57. The van der Waals surface area contributed by atoms with Crippen molar-refractivity contribution >= 4 is 17.0 Å². The van der Waals surface area contributed by atoms with Gasteiger partial charge in [0.1, 0.15) is 5.82 Å². The van der Waals surface area contributed by atoms with E-state index in [0.29, 0.717) is 5.52 Å². The normalized spacial score (nSPS) is 23.0. The molecule has 0 radical (unpaired) electrons. The van der Waals surface area contributed by atoms with Crippen LogP contribution in [-0.4, -0.2) is 31.8 Å². The van der Waals surface area contributed by atoms with Crippen LogP contribution >= 0.6 is 0 Å². The van der Waals surface area contributed by atoms with Crippen molar-refractivity contribution in [3.05, 3.63) is 29.6 Å². The summed E-state index contributed by atoms with van der Waals surface area (Å²) < 4.78 is 2.09. The van der Waals surface area contributed by atoms with E-state index in [1.165, 1.54) is 0 Å². The summed E-state index contributed by atoms with van der Waals surface area (Å²) in [5, 5.41) is 18.3. The molecule has 18 heavy (non-hydrogen) atoms. The molecule has 2 N–H and O–H groups in total. The summed E-state index contributed by atoms with van der Waals surface area (Å²) >= 11 is 0. The quantitative estimate of drug-likeness (QED) is 0.846. The fourth-order valence-electron chi connectivity index (χ4n) is 2.58. The molecule has 1 fully saturated rings. The fourth-order valence-corrected chi connectivity index (χ4v) is 2.58. The number of rotatable bonds is 2. The largest absolute Gasteiger partial charge is 0.478 e. The monoisotopic (exact) mass is 246 g/mol. The Morgan fingerprint density at radius 1 is 1.44 bits per heavy atom. The Hall–Kier alpha value is -1.88. The number of aryl methyl sites for hydroxylation is 1. The SMILES string of the molecule is Cc1nc2cc(C(=O)O)ccc2n1C1CC(O)C1. The Labute approximate surface area is 104 Å². The van der Waals surface area contributed by atoms with Gasteiger partial charge in [-0.25, -0.2) is 9.78 Å². The van der Waals surface area contributed by atoms with Crippen LogP contribution in [-0.2, 0) is 0 Å². The first-order chi connectivity index (χ1) is 8.56. The Balaban J connectivity index is 2.10. The summed E-state index contributed by atoms with van der Waals surface area (Å²) in [5.74, 6) is -0.0763. The van der Waals surface area contributed by atoms with Crippen LogP contribution < -0.4 is 0 Å². The molecule has 1 aliphatic rings. The number of carboxylic acid groups (broad SMARTS) is 1. The molecule has 0 amide bonds. The maximum absolute atomic E-state index is 10.9. The average molecular weight is 246 g/mol. The maximum Gasteiger partial charge on any atom is 0.335 e. The van der Waals surface area contributed by atoms with E-state index < -0.39 is 5.97 Å². The first-order valence-corrected chi connectivity index (χ1v) is 5.96. The van der Waals surface area contributed by atoms with Gasteiger partial charge in [-0.2, -0.15) is 0 Å². The molecule has 1 aliphatic carbocycles. The number of benzene rings is 1. The van der Waals surface area contributed by atoms with Gasteiger partial charge in [0.15, 0.2) is 0 Å². The summed E-state index contributed by atoms with van der Waals surface area (Å²) in [7, 11) is 0. The molecule has 0 unspecified atom stereocenters. The average Bonchev–Trinajstić information content (AvgIpc) is 2.59. The highest BCUT2D eigenvalue weighted by Crippen LogP contribution is 2.35. The number of carboxylic acids is 1. The van der Waals surface area contributed by atoms with Crippen LogP contribution in [0, 0.1) is 6.92 Å². The van der Waals surface area contributed by atoms with Gasteiger partial charge in [0.25, 0.3) is 0 Å². The first-order valence-electron chi connectivity index (χ1n) is 5.96. The Kier molecular flexibility index (Phi) is 2.38. The first kappa shape index (κ1) is 11.2. The topological polar surface area (TPSA) is 75.3 Å². The van der Waals surface area contributed by atoms with Gasteiger partial charge < -0.3 is 14.8 Å². The highest BCUT2D eigenvalue weighted by atomic mass is 16.4. The Bertz CT molecular complexity index is 626. The predicted molar refractivity (Wildman–Crippen MR) is 65.7 cm³/mol. The molecule has 0 aliphatic heterocycles. The molecule has 0 bridgehead atoms. The minimum atomic E-state index is -0.942. The molecule has 94 valence electrons. The molecule has 2 aromatic rings. The lowest BCUT2D eigenvalue weighted by Gasteiger charge is -2.33. The molecule has 1 aromatic carbocycles. The van der Waals surface area contributed by atoms with Crippen molar-refractivity contribution in [3.8, 4) is 0 Å². The van der Waals surface area contributed by atoms with E-state index in [1.807, 2.05) is 6.92 Å². The van der Waals surface area contributed by atoms with Gasteiger partial charge in [-0.15, -0.1) is 0 Å². The Morgan fingerprint density at radius 2 is 2.17 bits per heavy atom. The second kappa shape index (κ2) is 3.81. The molecule has 1 saturated carbocycles. The second-order valence-corrected chi connectivity index (χ2v) is 4.82. The van der Waals surface area contributed by atoms with Crippen LogP contribution in [0.1, 0.15) is 35.1 Å². The molecule has 5 heteroatoms. The van der Waals surface area contributed by atoms with Crippen molar-refractivity contribution in [2.75, 3.05) is 0 Å². The van der Waals surface area contributed by atoms with Crippen molar-refractivity contribution in [1.29, 1.82) is 0 Å². The van der Waals surface area contributed by atoms with Crippen molar-refractivity contribution < 1.29 is 15.0 Å². The molecule has 1 heterocycles.